The Morgan fingerprint density at radius 3 is 2.90 bits per heavy atom. The van der Waals surface area contributed by atoms with Gasteiger partial charge in [-0.05, 0) is 12.1 Å². The zero-order valence-corrected chi connectivity index (χ0v) is 11.2. The lowest BCUT2D eigenvalue weighted by Crippen LogP contribution is -2.43. The first-order valence-corrected chi connectivity index (χ1v) is 6.68. The summed E-state index contributed by atoms with van der Waals surface area (Å²) in [5, 5.41) is 0. The summed E-state index contributed by atoms with van der Waals surface area (Å²) < 4.78 is 0. The first kappa shape index (κ1) is 12.7. The van der Waals surface area contributed by atoms with Gasteiger partial charge in [-0.2, -0.15) is 0 Å². The van der Waals surface area contributed by atoms with Gasteiger partial charge in [0.25, 0.3) is 5.91 Å². The summed E-state index contributed by atoms with van der Waals surface area (Å²) in [5.74, 6) is 0.0657. The molecular weight excluding hydrogens is 254 g/mol. The van der Waals surface area contributed by atoms with Crippen molar-refractivity contribution in [1.29, 1.82) is 0 Å². The molecule has 1 saturated heterocycles. The maximum atomic E-state index is 12.6. The number of amides is 1. The highest BCUT2D eigenvalue weighted by molar-refractivity contribution is 6.05. The van der Waals surface area contributed by atoms with E-state index in [1.807, 2.05) is 19.1 Å². The Kier molecular flexibility index (Phi) is 3.18. The zero-order valence-electron chi connectivity index (χ0n) is 11.2. The second kappa shape index (κ2) is 5.00. The van der Waals surface area contributed by atoms with E-state index in [0.717, 1.165) is 0 Å². The van der Waals surface area contributed by atoms with Crippen LogP contribution in [0.5, 0.6) is 0 Å². The maximum Gasteiger partial charge on any atom is 0.256 e. The van der Waals surface area contributed by atoms with E-state index in [-0.39, 0.29) is 17.6 Å². The van der Waals surface area contributed by atoms with Crippen LogP contribution in [0.25, 0.3) is 11.0 Å². The molecule has 3 rings (SSSR count). The number of hydrogen-bond donors (Lipinski definition) is 0. The van der Waals surface area contributed by atoms with Crippen molar-refractivity contribution in [3.05, 3.63) is 36.2 Å². The molecule has 1 aliphatic heterocycles. The largest absolute Gasteiger partial charge is 0.337 e. The zero-order chi connectivity index (χ0) is 14.1. The molecule has 2 heterocycles. The molecule has 5 nitrogen and oxygen atoms in total. The Bertz CT molecular complexity index is 678. The lowest BCUT2D eigenvalue weighted by molar-refractivity contribution is -0.124. The quantitative estimate of drug-likeness (QED) is 0.790. The highest BCUT2D eigenvalue weighted by Gasteiger charge is 2.28. The van der Waals surface area contributed by atoms with Gasteiger partial charge in [0.1, 0.15) is 11.3 Å². The van der Waals surface area contributed by atoms with E-state index in [9.17, 15) is 9.59 Å². The van der Waals surface area contributed by atoms with Gasteiger partial charge in [0, 0.05) is 37.8 Å². The molecule has 0 radical (unpaired) electrons. The maximum absolute atomic E-state index is 12.6. The van der Waals surface area contributed by atoms with Gasteiger partial charge in [-0.1, -0.05) is 13.0 Å². The third-order valence-electron chi connectivity index (χ3n) is 3.69. The molecule has 0 bridgehead atoms. The number of rotatable bonds is 1. The summed E-state index contributed by atoms with van der Waals surface area (Å²) in [6, 6.07) is 5.41. The third kappa shape index (κ3) is 2.15. The van der Waals surface area contributed by atoms with Gasteiger partial charge in [-0.15, -0.1) is 0 Å². The van der Waals surface area contributed by atoms with Crippen LogP contribution in [0.1, 0.15) is 23.7 Å². The van der Waals surface area contributed by atoms with Crippen molar-refractivity contribution >= 4 is 22.7 Å². The van der Waals surface area contributed by atoms with Gasteiger partial charge >= 0.3 is 0 Å². The average Bonchev–Trinajstić information content (AvgIpc) is 2.49. The van der Waals surface area contributed by atoms with Gasteiger partial charge < -0.3 is 4.90 Å². The average molecular weight is 269 g/mol. The van der Waals surface area contributed by atoms with Crippen molar-refractivity contribution in [2.45, 2.75) is 13.3 Å². The van der Waals surface area contributed by atoms with Gasteiger partial charge in [0.15, 0.2) is 0 Å². The van der Waals surface area contributed by atoms with Crippen LogP contribution in [0.2, 0.25) is 0 Å². The first-order chi connectivity index (χ1) is 9.66. The lowest BCUT2D eigenvalue weighted by Gasteiger charge is -2.30. The van der Waals surface area contributed by atoms with E-state index in [0.29, 0.717) is 36.1 Å². The third-order valence-corrected chi connectivity index (χ3v) is 3.69. The second-order valence-electron chi connectivity index (χ2n) is 5.10. The summed E-state index contributed by atoms with van der Waals surface area (Å²) >= 11 is 0. The number of ketones is 1. The number of carbonyl (C=O) groups excluding carboxylic acids is 2. The smallest absolute Gasteiger partial charge is 0.256 e. The minimum absolute atomic E-state index is 0.0737. The SMILES string of the molecule is CC1CN(C(=O)c2cccc3nccnc23)CCC1=O. The first-order valence-electron chi connectivity index (χ1n) is 6.68. The van der Waals surface area contributed by atoms with Crippen molar-refractivity contribution in [3.63, 3.8) is 0 Å². The van der Waals surface area contributed by atoms with E-state index >= 15 is 0 Å². The lowest BCUT2D eigenvalue weighted by atomic mass is 9.98. The van der Waals surface area contributed by atoms with Crippen molar-refractivity contribution in [3.8, 4) is 0 Å². The van der Waals surface area contributed by atoms with Crippen LogP contribution in [-0.2, 0) is 4.79 Å². The fraction of sp³-hybridized carbons (Fsp3) is 0.333. The molecule has 1 aliphatic rings. The Morgan fingerprint density at radius 2 is 2.10 bits per heavy atom. The number of likely N-dealkylation sites (tertiary alicyclic amines) is 1. The predicted octanol–water partition coefficient (Wildman–Crippen LogP) is 1.68. The molecule has 1 atom stereocenters. The normalized spacial score (nSPS) is 19.4. The Hall–Kier alpha value is -2.30. The summed E-state index contributed by atoms with van der Waals surface area (Å²) in [6.45, 7) is 2.83. The van der Waals surface area contributed by atoms with Crippen LogP contribution in [0.4, 0.5) is 0 Å². The number of nitrogens with zero attached hydrogens (tertiary/aromatic N) is 3. The number of Topliss-reactive ketones (excluding diaryl/α,β-unsaturated/α-hetero) is 1. The molecule has 1 unspecified atom stereocenters. The van der Waals surface area contributed by atoms with Crippen LogP contribution in [0.3, 0.4) is 0 Å². The summed E-state index contributed by atoms with van der Waals surface area (Å²) in [6.07, 6.45) is 3.63. The van der Waals surface area contributed by atoms with E-state index in [1.54, 1.807) is 23.4 Å². The van der Waals surface area contributed by atoms with E-state index in [1.165, 1.54) is 0 Å². The molecule has 0 N–H and O–H groups in total. The van der Waals surface area contributed by atoms with Crippen LogP contribution in [-0.4, -0.2) is 39.6 Å². The molecule has 0 aliphatic carbocycles. The van der Waals surface area contributed by atoms with E-state index < -0.39 is 0 Å². The minimum atomic E-state index is -0.0891. The summed E-state index contributed by atoms with van der Waals surface area (Å²) in [4.78, 5) is 34.4. The standard InChI is InChI=1S/C15H15N3O2/c1-10-9-18(8-5-13(10)19)15(20)11-3-2-4-12-14(11)17-7-6-16-12/h2-4,6-7,10H,5,8-9H2,1H3. The Labute approximate surface area is 116 Å². The van der Waals surface area contributed by atoms with Crippen molar-refractivity contribution < 1.29 is 9.59 Å². The van der Waals surface area contributed by atoms with Crippen molar-refractivity contribution in [2.75, 3.05) is 13.1 Å². The number of benzene rings is 1. The van der Waals surface area contributed by atoms with Crippen LogP contribution >= 0.6 is 0 Å². The second-order valence-corrected chi connectivity index (χ2v) is 5.10. The molecule has 1 amide bonds. The van der Waals surface area contributed by atoms with Crippen LogP contribution < -0.4 is 0 Å². The van der Waals surface area contributed by atoms with Crippen LogP contribution in [0.15, 0.2) is 30.6 Å². The molecule has 20 heavy (non-hydrogen) atoms. The molecule has 2 aromatic rings. The highest BCUT2D eigenvalue weighted by atomic mass is 16.2. The molecule has 1 aromatic heterocycles. The topological polar surface area (TPSA) is 63.2 Å². The fourth-order valence-corrected chi connectivity index (χ4v) is 2.54. The van der Waals surface area contributed by atoms with Gasteiger partial charge in [-0.3, -0.25) is 19.6 Å². The Morgan fingerprint density at radius 1 is 1.30 bits per heavy atom. The van der Waals surface area contributed by atoms with Gasteiger partial charge in [0.05, 0.1) is 11.1 Å². The number of aromatic nitrogens is 2. The van der Waals surface area contributed by atoms with Crippen LogP contribution in [0, 0.1) is 5.92 Å². The van der Waals surface area contributed by atoms with E-state index in [2.05, 4.69) is 9.97 Å². The number of fused-ring (bicyclic) bond motifs is 1. The minimum Gasteiger partial charge on any atom is -0.337 e. The fourth-order valence-electron chi connectivity index (χ4n) is 2.54. The molecule has 1 fully saturated rings. The van der Waals surface area contributed by atoms with Crippen molar-refractivity contribution in [1.82, 2.24) is 14.9 Å². The summed E-state index contributed by atoms with van der Waals surface area (Å²) in [5.41, 5.74) is 1.88. The number of carbonyl (C=O) groups is 2. The summed E-state index contributed by atoms with van der Waals surface area (Å²) in [7, 11) is 0. The number of hydrogen-bond acceptors (Lipinski definition) is 4. The monoisotopic (exact) mass is 269 g/mol. The molecule has 5 heteroatoms. The molecule has 1 aromatic carbocycles. The number of piperidine rings is 1. The van der Waals surface area contributed by atoms with E-state index in [4.69, 9.17) is 0 Å². The molecular formula is C15H15N3O2. The van der Waals surface area contributed by atoms with Gasteiger partial charge in [-0.25, -0.2) is 0 Å². The highest BCUT2D eigenvalue weighted by Crippen LogP contribution is 2.19. The molecule has 102 valence electrons. The molecule has 0 spiro atoms. The van der Waals surface area contributed by atoms with Gasteiger partial charge in [0.2, 0.25) is 0 Å². The van der Waals surface area contributed by atoms with Crippen molar-refractivity contribution in [2.24, 2.45) is 5.92 Å². The number of para-hydroxylation sites is 1. The predicted molar refractivity (Wildman–Crippen MR) is 74.2 cm³/mol. The Balaban J connectivity index is 1.95. The molecule has 0 saturated carbocycles.